The molecule has 0 saturated heterocycles. The van der Waals surface area contributed by atoms with Crippen LogP contribution in [0.3, 0.4) is 0 Å². The minimum absolute atomic E-state index is 0.173. The fraction of sp³-hybridized carbons (Fsp3) is 0.714. The largest absolute Gasteiger partial charge is 0.522 e. The molecule has 0 unspecified atom stereocenters. The number of hydrogen-bond acceptors (Lipinski definition) is 2. The second-order valence-corrected chi connectivity index (χ2v) is 2.43. The Labute approximate surface area is 69.4 Å². The summed E-state index contributed by atoms with van der Waals surface area (Å²) in [5.41, 5.74) is 0.877. The molecule has 0 aliphatic heterocycles. The molecule has 0 heterocycles. The first-order valence-corrected chi connectivity index (χ1v) is 3.47. The summed E-state index contributed by atoms with van der Waals surface area (Å²) in [7, 11) is 0. The predicted molar refractivity (Wildman–Crippen MR) is 39.7 cm³/mol. The van der Waals surface area contributed by atoms with Crippen LogP contribution in [0.5, 0.6) is 0 Å². The van der Waals surface area contributed by atoms with E-state index in [-0.39, 0.29) is 13.2 Å². The first-order valence-electron chi connectivity index (χ1n) is 3.47. The second kappa shape index (κ2) is 5.16. The molecule has 0 aliphatic rings. The Balaban J connectivity index is 3.17. The monoisotopic (exact) mass is 183 g/mol. The third-order valence-corrected chi connectivity index (χ3v) is 0.971. The molecule has 0 saturated carbocycles. The summed E-state index contributed by atoms with van der Waals surface area (Å²) < 4.78 is 37.6. The summed E-state index contributed by atoms with van der Waals surface area (Å²) in [6, 6.07) is 0. The van der Waals surface area contributed by atoms with Crippen LogP contribution in [-0.2, 0) is 4.74 Å². The molecule has 72 valence electrons. The molecule has 1 N–H and O–H groups in total. The number of hydrogen-bond donors (Lipinski definition) is 1. The zero-order chi connectivity index (χ0) is 9.61. The highest BCUT2D eigenvalue weighted by Gasteiger charge is 2.28. The lowest BCUT2D eigenvalue weighted by atomic mass is 10.3. The van der Waals surface area contributed by atoms with Crippen LogP contribution < -0.4 is 5.32 Å². The lowest BCUT2D eigenvalue weighted by Crippen LogP contribution is -2.25. The van der Waals surface area contributed by atoms with Crippen molar-refractivity contribution in [1.29, 1.82) is 0 Å². The number of ether oxygens (including phenoxy) is 1. The maximum absolute atomic E-state index is 11.4. The van der Waals surface area contributed by atoms with E-state index < -0.39 is 6.36 Å². The summed E-state index contributed by atoms with van der Waals surface area (Å²) in [5, 5.41) is 2.73. The van der Waals surface area contributed by atoms with E-state index in [9.17, 15) is 13.2 Å². The predicted octanol–water partition coefficient (Wildman–Crippen LogP) is 1.69. The Bertz CT molecular complexity index is 144. The Morgan fingerprint density at radius 3 is 2.50 bits per heavy atom. The highest BCUT2D eigenvalue weighted by Crippen LogP contribution is 2.14. The van der Waals surface area contributed by atoms with Gasteiger partial charge in [-0.3, -0.25) is 4.74 Å². The van der Waals surface area contributed by atoms with Crippen LogP contribution in [0.15, 0.2) is 12.2 Å². The van der Waals surface area contributed by atoms with Gasteiger partial charge in [-0.2, -0.15) is 0 Å². The van der Waals surface area contributed by atoms with Gasteiger partial charge >= 0.3 is 6.36 Å². The van der Waals surface area contributed by atoms with E-state index in [4.69, 9.17) is 0 Å². The maximum atomic E-state index is 11.4. The standard InChI is InChI=1S/C7H12F3NO/c1-6(2)5-11-3-4-12-7(8,9)10/h11H,1,3-5H2,2H3. The molecule has 5 heteroatoms. The zero-order valence-electron chi connectivity index (χ0n) is 6.87. The molecule has 0 rings (SSSR count). The average Bonchev–Trinajstić information content (AvgIpc) is 1.83. The normalized spacial score (nSPS) is 11.7. The smallest absolute Gasteiger partial charge is 0.311 e. The van der Waals surface area contributed by atoms with Gasteiger partial charge in [-0.05, 0) is 6.92 Å². The van der Waals surface area contributed by atoms with Gasteiger partial charge in [0, 0.05) is 13.1 Å². The van der Waals surface area contributed by atoms with E-state index in [1.54, 1.807) is 6.92 Å². The van der Waals surface area contributed by atoms with Crippen molar-refractivity contribution in [2.24, 2.45) is 0 Å². The van der Waals surface area contributed by atoms with E-state index in [1.165, 1.54) is 0 Å². The van der Waals surface area contributed by atoms with Crippen LogP contribution in [0.2, 0.25) is 0 Å². The fourth-order valence-corrected chi connectivity index (χ4v) is 0.541. The first kappa shape index (κ1) is 11.4. The van der Waals surface area contributed by atoms with Gasteiger partial charge in [0.2, 0.25) is 0 Å². The molecule has 0 aliphatic carbocycles. The molecular weight excluding hydrogens is 171 g/mol. The molecule has 0 aromatic rings. The Kier molecular flexibility index (Phi) is 4.92. The van der Waals surface area contributed by atoms with E-state index in [2.05, 4.69) is 16.6 Å². The van der Waals surface area contributed by atoms with Crippen LogP contribution in [0.4, 0.5) is 13.2 Å². The molecule has 0 fully saturated rings. The SMILES string of the molecule is C=C(C)CNCCOC(F)(F)F. The van der Waals surface area contributed by atoms with Gasteiger partial charge in [0.15, 0.2) is 0 Å². The molecule has 0 spiro atoms. The molecule has 0 bridgehead atoms. The third-order valence-electron chi connectivity index (χ3n) is 0.971. The summed E-state index contributed by atoms with van der Waals surface area (Å²) in [5.74, 6) is 0. The number of halogens is 3. The van der Waals surface area contributed by atoms with E-state index in [0.29, 0.717) is 6.54 Å². The molecule has 0 aromatic carbocycles. The van der Waals surface area contributed by atoms with Crippen molar-refractivity contribution in [3.63, 3.8) is 0 Å². The second-order valence-electron chi connectivity index (χ2n) is 2.43. The van der Waals surface area contributed by atoms with Gasteiger partial charge in [0.25, 0.3) is 0 Å². The van der Waals surface area contributed by atoms with E-state index in [1.807, 2.05) is 0 Å². The maximum Gasteiger partial charge on any atom is 0.522 e. The molecule has 0 radical (unpaired) electrons. The quantitative estimate of drug-likeness (QED) is 0.517. The summed E-state index contributed by atoms with van der Waals surface area (Å²) in [4.78, 5) is 0. The highest BCUT2D eigenvalue weighted by molar-refractivity contribution is 4.90. The number of rotatable bonds is 5. The van der Waals surface area contributed by atoms with Crippen LogP contribution in [0.25, 0.3) is 0 Å². The molecule has 0 atom stereocenters. The van der Waals surface area contributed by atoms with Crippen LogP contribution >= 0.6 is 0 Å². The van der Waals surface area contributed by atoms with Crippen molar-refractivity contribution < 1.29 is 17.9 Å². The van der Waals surface area contributed by atoms with Gasteiger partial charge in [-0.1, -0.05) is 12.2 Å². The van der Waals surface area contributed by atoms with Gasteiger partial charge in [0.1, 0.15) is 0 Å². The Morgan fingerprint density at radius 2 is 2.08 bits per heavy atom. The lowest BCUT2D eigenvalue weighted by Gasteiger charge is -2.07. The fourth-order valence-electron chi connectivity index (χ4n) is 0.541. The van der Waals surface area contributed by atoms with Crippen molar-refractivity contribution in [2.75, 3.05) is 19.7 Å². The molecule has 2 nitrogen and oxygen atoms in total. The molecule has 0 amide bonds. The molecule has 0 aromatic heterocycles. The Hall–Kier alpha value is -0.550. The van der Waals surface area contributed by atoms with E-state index >= 15 is 0 Å². The van der Waals surface area contributed by atoms with Gasteiger partial charge in [-0.25, -0.2) is 0 Å². The van der Waals surface area contributed by atoms with Crippen LogP contribution in [-0.4, -0.2) is 26.1 Å². The third kappa shape index (κ3) is 9.45. The van der Waals surface area contributed by atoms with E-state index in [0.717, 1.165) is 5.57 Å². The molecule has 12 heavy (non-hydrogen) atoms. The minimum Gasteiger partial charge on any atom is -0.311 e. The summed E-state index contributed by atoms with van der Waals surface area (Å²) in [6.45, 7) is 5.69. The minimum atomic E-state index is -4.52. The van der Waals surface area contributed by atoms with Crippen LogP contribution in [0, 0.1) is 0 Å². The number of alkyl halides is 3. The summed E-state index contributed by atoms with van der Waals surface area (Å²) >= 11 is 0. The van der Waals surface area contributed by atoms with Crippen molar-refractivity contribution in [1.82, 2.24) is 5.32 Å². The van der Waals surface area contributed by atoms with Crippen LogP contribution in [0.1, 0.15) is 6.92 Å². The highest BCUT2D eigenvalue weighted by atomic mass is 19.4. The van der Waals surface area contributed by atoms with Crippen molar-refractivity contribution in [3.8, 4) is 0 Å². The summed E-state index contributed by atoms with van der Waals surface area (Å²) in [6.07, 6.45) is -4.52. The van der Waals surface area contributed by atoms with Crippen molar-refractivity contribution in [2.45, 2.75) is 13.3 Å². The topological polar surface area (TPSA) is 21.3 Å². The molecular formula is C7H12F3NO. The van der Waals surface area contributed by atoms with Crippen molar-refractivity contribution in [3.05, 3.63) is 12.2 Å². The Morgan fingerprint density at radius 1 is 1.50 bits per heavy atom. The number of nitrogens with one attached hydrogen (secondary N) is 1. The van der Waals surface area contributed by atoms with Gasteiger partial charge in [-0.15, -0.1) is 13.2 Å². The van der Waals surface area contributed by atoms with Gasteiger partial charge < -0.3 is 5.32 Å². The lowest BCUT2D eigenvalue weighted by molar-refractivity contribution is -0.323. The van der Waals surface area contributed by atoms with Gasteiger partial charge in [0.05, 0.1) is 6.61 Å². The first-order chi connectivity index (χ1) is 5.42. The average molecular weight is 183 g/mol. The zero-order valence-corrected chi connectivity index (χ0v) is 6.87. The van der Waals surface area contributed by atoms with Crippen molar-refractivity contribution >= 4 is 0 Å².